The van der Waals surface area contributed by atoms with Gasteiger partial charge in [0.05, 0.1) is 30.2 Å². The number of carbonyl (C=O) groups is 2. The number of nitrogens with one attached hydrogen (secondary N) is 3. The summed E-state index contributed by atoms with van der Waals surface area (Å²) in [6.45, 7) is 8.88. The first-order valence-corrected chi connectivity index (χ1v) is 12.8. The molecular weight excluding hydrogens is 454 g/mol. The van der Waals surface area contributed by atoms with E-state index in [4.69, 9.17) is 11.6 Å². The second-order valence-electron chi connectivity index (χ2n) is 9.29. The highest BCUT2D eigenvalue weighted by molar-refractivity contribution is 8.04. The van der Waals surface area contributed by atoms with Crippen LogP contribution in [0.4, 0.5) is 5.69 Å². The lowest BCUT2D eigenvalue weighted by Crippen LogP contribution is -3.14. The van der Waals surface area contributed by atoms with Crippen molar-refractivity contribution in [3.05, 3.63) is 63.5 Å². The maximum atomic E-state index is 12.6. The molecule has 2 unspecified atom stereocenters. The lowest BCUT2D eigenvalue weighted by molar-refractivity contribution is -0.912. The molecule has 2 aromatic rings. The minimum Gasteiger partial charge on any atom is -0.352 e. The molecule has 7 heteroatoms. The Morgan fingerprint density at radius 3 is 2.76 bits per heavy atom. The molecule has 0 spiro atoms. The Kier molecular flexibility index (Phi) is 7.78. The van der Waals surface area contributed by atoms with Gasteiger partial charge in [0.15, 0.2) is 0 Å². The molecule has 0 radical (unpaired) electrons. The van der Waals surface area contributed by atoms with E-state index in [0.29, 0.717) is 27.7 Å². The van der Waals surface area contributed by atoms with Crippen molar-refractivity contribution in [3.63, 3.8) is 0 Å². The van der Waals surface area contributed by atoms with Crippen LogP contribution in [0.15, 0.2) is 52.3 Å². The Hall–Kier alpha value is -2.28. The van der Waals surface area contributed by atoms with E-state index in [9.17, 15) is 9.59 Å². The molecule has 1 saturated heterocycles. The number of amides is 2. The largest absolute Gasteiger partial charge is 0.352 e. The van der Waals surface area contributed by atoms with E-state index in [1.807, 2.05) is 36.4 Å². The number of carbonyl (C=O) groups excluding carboxylic acids is 2. The van der Waals surface area contributed by atoms with Gasteiger partial charge in [-0.05, 0) is 48.4 Å². The fraction of sp³-hybridized carbons (Fsp3) is 0.385. The molecular formula is C26H31ClN3O2S+. The molecule has 0 aromatic heterocycles. The smallest absolute Gasteiger partial charge is 0.262 e. The fourth-order valence-electron chi connectivity index (χ4n) is 4.82. The van der Waals surface area contributed by atoms with Crippen molar-refractivity contribution in [2.75, 3.05) is 31.5 Å². The number of halogens is 1. The van der Waals surface area contributed by atoms with Crippen molar-refractivity contribution in [1.29, 1.82) is 0 Å². The molecule has 0 aliphatic carbocycles. The van der Waals surface area contributed by atoms with E-state index in [-0.39, 0.29) is 11.8 Å². The SMILES string of the molecule is CC1CC(C)C[NH+](CCCNC(=O)c2ccc3c(c2)NC(=O)C(=Cc2cccc(Cl)c2)S3)C1. The number of piperidine rings is 1. The van der Waals surface area contributed by atoms with E-state index >= 15 is 0 Å². The summed E-state index contributed by atoms with van der Waals surface area (Å²) in [6.07, 6.45) is 4.11. The number of anilines is 1. The van der Waals surface area contributed by atoms with Gasteiger partial charge in [0.2, 0.25) is 0 Å². The van der Waals surface area contributed by atoms with E-state index in [2.05, 4.69) is 24.5 Å². The Morgan fingerprint density at radius 2 is 2.00 bits per heavy atom. The monoisotopic (exact) mass is 484 g/mol. The van der Waals surface area contributed by atoms with Crippen LogP contribution >= 0.6 is 23.4 Å². The molecule has 2 aliphatic rings. The van der Waals surface area contributed by atoms with Gasteiger partial charge < -0.3 is 15.5 Å². The number of benzene rings is 2. The molecule has 2 atom stereocenters. The highest BCUT2D eigenvalue weighted by Gasteiger charge is 2.25. The van der Waals surface area contributed by atoms with Crippen molar-refractivity contribution in [3.8, 4) is 0 Å². The fourth-order valence-corrected chi connectivity index (χ4v) is 5.95. The van der Waals surface area contributed by atoms with Crippen molar-refractivity contribution in [1.82, 2.24) is 5.32 Å². The van der Waals surface area contributed by atoms with Gasteiger partial charge in [-0.3, -0.25) is 9.59 Å². The Morgan fingerprint density at radius 1 is 1.21 bits per heavy atom. The van der Waals surface area contributed by atoms with Crippen LogP contribution in [-0.2, 0) is 4.79 Å². The predicted octanol–water partition coefficient (Wildman–Crippen LogP) is 4.11. The molecule has 2 heterocycles. The van der Waals surface area contributed by atoms with Crippen molar-refractivity contribution in [2.45, 2.75) is 31.6 Å². The average molecular weight is 485 g/mol. The van der Waals surface area contributed by atoms with Crippen LogP contribution in [-0.4, -0.2) is 38.0 Å². The molecule has 3 N–H and O–H groups in total. The number of hydrogen-bond donors (Lipinski definition) is 3. The summed E-state index contributed by atoms with van der Waals surface area (Å²) in [5.41, 5.74) is 2.10. The summed E-state index contributed by atoms with van der Waals surface area (Å²) < 4.78 is 0. The molecule has 0 saturated carbocycles. The molecule has 33 heavy (non-hydrogen) atoms. The van der Waals surface area contributed by atoms with Crippen LogP contribution in [0.25, 0.3) is 6.08 Å². The second kappa shape index (κ2) is 10.8. The first-order chi connectivity index (χ1) is 15.9. The first kappa shape index (κ1) is 23.9. The third kappa shape index (κ3) is 6.40. The van der Waals surface area contributed by atoms with Gasteiger partial charge >= 0.3 is 0 Å². The topological polar surface area (TPSA) is 62.6 Å². The third-order valence-electron chi connectivity index (χ3n) is 6.15. The second-order valence-corrected chi connectivity index (χ2v) is 10.8. The molecule has 0 bridgehead atoms. The van der Waals surface area contributed by atoms with Crippen LogP contribution < -0.4 is 15.5 Å². The molecule has 4 rings (SSSR count). The molecule has 2 aromatic carbocycles. The highest BCUT2D eigenvalue weighted by atomic mass is 35.5. The highest BCUT2D eigenvalue weighted by Crippen LogP contribution is 2.39. The summed E-state index contributed by atoms with van der Waals surface area (Å²) in [6, 6.07) is 12.8. The quantitative estimate of drug-likeness (QED) is 0.427. The number of fused-ring (bicyclic) bond motifs is 1. The van der Waals surface area contributed by atoms with E-state index in [1.54, 1.807) is 17.0 Å². The standard InChI is InChI=1S/C26H30ClN3O2S/c1-17-11-18(2)16-30(15-17)10-4-9-28-25(31)20-7-8-23-22(14-20)29-26(32)24(33-23)13-19-5-3-6-21(27)12-19/h3,5-8,12-14,17-18H,4,9-11,15-16H2,1-2H3,(H,28,31)(H,29,32)/p+1. The summed E-state index contributed by atoms with van der Waals surface area (Å²) in [7, 11) is 0. The van der Waals surface area contributed by atoms with Crippen LogP contribution in [0, 0.1) is 11.8 Å². The van der Waals surface area contributed by atoms with E-state index in [1.165, 1.54) is 31.3 Å². The number of likely N-dealkylation sites (tertiary alicyclic amines) is 1. The van der Waals surface area contributed by atoms with E-state index in [0.717, 1.165) is 35.3 Å². The first-order valence-electron chi connectivity index (χ1n) is 11.6. The van der Waals surface area contributed by atoms with Gasteiger partial charge in [-0.2, -0.15) is 0 Å². The summed E-state index contributed by atoms with van der Waals surface area (Å²) in [4.78, 5) is 28.4. The Labute approximate surface area is 205 Å². The normalized spacial score (nSPS) is 23.7. The molecule has 2 amide bonds. The van der Waals surface area contributed by atoms with Crippen LogP contribution in [0.5, 0.6) is 0 Å². The summed E-state index contributed by atoms with van der Waals surface area (Å²) in [5.74, 6) is 1.27. The van der Waals surface area contributed by atoms with Crippen LogP contribution in [0.1, 0.15) is 42.6 Å². The Balaban J connectivity index is 1.32. The lowest BCUT2D eigenvalue weighted by Gasteiger charge is -2.32. The van der Waals surface area contributed by atoms with Crippen molar-refractivity contribution in [2.24, 2.45) is 11.8 Å². The van der Waals surface area contributed by atoms with Crippen LogP contribution in [0.3, 0.4) is 0 Å². The maximum absolute atomic E-state index is 12.6. The van der Waals surface area contributed by atoms with Gasteiger partial charge in [0, 0.05) is 40.3 Å². The summed E-state index contributed by atoms with van der Waals surface area (Å²) >= 11 is 7.44. The molecule has 1 fully saturated rings. The van der Waals surface area contributed by atoms with Gasteiger partial charge in [-0.25, -0.2) is 0 Å². The van der Waals surface area contributed by atoms with Gasteiger partial charge in [0.25, 0.3) is 11.8 Å². The number of thioether (sulfide) groups is 1. The van der Waals surface area contributed by atoms with Crippen LogP contribution in [0.2, 0.25) is 5.02 Å². The van der Waals surface area contributed by atoms with Gasteiger partial charge in [0.1, 0.15) is 0 Å². The zero-order valence-corrected chi connectivity index (χ0v) is 20.7. The molecule has 5 nitrogen and oxygen atoms in total. The average Bonchev–Trinajstić information content (AvgIpc) is 2.76. The minimum atomic E-state index is -0.182. The Bertz CT molecular complexity index is 1060. The van der Waals surface area contributed by atoms with E-state index < -0.39 is 0 Å². The third-order valence-corrected chi connectivity index (χ3v) is 7.49. The minimum absolute atomic E-state index is 0.104. The zero-order valence-electron chi connectivity index (χ0n) is 19.1. The summed E-state index contributed by atoms with van der Waals surface area (Å²) in [5, 5.41) is 6.57. The maximum Gasteiger partial charge on any atom is 0.262 e. The van der Waals surface area contributed by atoms with Gasteiger partial charge in [-0.15, -0.1) is 0 Å². The molecule has 174 valence electrons. The number of quaternary nitrogens is 1. The number of hydrogen-bond acceptors (Lipinski definition) is 3. The lowest BCUT2D eigenvalue weighted by atomic mass is 9.92. The van der Waals surface area contributed by atoms with Crippen molar-refractivity contribution >= 4 is 46.9 Å². The molecule has 2 aliphatic heterocycles. The van der Waals surface area contributed by atoms with Crippen molar-refractivity contribution < 1.29 is 14.5 Å². The van der Waals surface area contributed by atoms with Gasteiger partial charge in [-0.1, -0.05) is 49.3 Å². The predicted molar refractivity (Wildman–Crippen MR) is 136 cm³/mol. The number of rotatable bonds is 6. The zero-order chi connectivity index (χ0) is 23.4.